The van der Waals surface area contributed by atoms with Crippen LogP contribution in [-0.2, 0) is 11.2 Å². The number of aliphatic imine (C=N–C) groups is 1. The van der Waals surface area contributed by atoms with Gasteiger partial charge >= 0.3 is 0 Å². The number of amides is 1. The number of aryl methyl sites for hydroxylation is 1. The van der Waals surface area contributed by atoms with Crippen molar-refractivity contribution in [2.75, 3.05) is 14.1 Å². The molecule has 6 N–H and O–H groups in total. The summed E-state index contributed by atoms with van der Waals surface area (Å²) in [4.78, 5) is 32.8. The van der Waals surface area contributed by atoms with E-state index < -0.39 is 5.91 Å². The first kappa shape index (κ1) is 33.7. The minimum Gasteiger partial charge on any atom is -0.390 e. The topological polar surface area (TPSA) is 139 Å². The highest BCUT2D eigenvalue weighted by atomic mass is 16.1. The molecule has 1 amide bonds. The van der Waals surface area contributed by atoms with Gasteiger partial charge in [0.1, 0.15) is 12.1 Å². The zero-order valence-corrected chi connectivity index (χ0v) is 24.2. The number of para-hydroxylation sites is 1. The number of aromatic nitrogens is 2. The number of nitrogens with zero attached hydrogens (tertiary/aromatic N) is 2. The molecule has 0 unspecified atom stereocenters. The van der Waals surface area contributed by atoms with Crippen LogP contribution in [0.15, 0.2) is 77.9 Å². The average molecular weight is 545 g/mol. The fraction of sp³-hybridized carbons (Fsp3) is 0.312. The molecular weight excluding hydrogens is 500 g/mol. The lowest BCUT2D eigenvalue weighted by atomic mass is 10.1. The summed E-state index contributed by atoms with van der Waals surface area (Å²) in [7, 11) is 3.75. The second-order valence-electron chi connectivity index (χ2n) is 8.58. The van der Waals surface area contributed by atoms with Crippen molar-refractivity contribution in [3.8, 4) is 11.3 Å². The molecule has 0 bridgehead atoms. The number of fused-ring (bicyclic) bond motifs is 1. The van der Waals surface area contributed by atoms with E-state index >= 15 is 0 Å². The van der Waals surface area contributed by atoms with Crippen LogP contribution in [0.4, 0.5) is 5.69 Å². The number of primary amides is 1. The second kappa shape index (κ2) is 20.6. The van der Waals surface area contributed by atoms with Gasteiger partial charge in [-0.2, -0.15) is 0 Å². The Hall–Kier alpha value is -4.30. The largest absolute Gasteiger partial charge is 0.390 e. The number of aromatic amines is 1. The monoisotopic (exact) mass is 544 g/mol. The number of H-pyrrole nitrogens is 1. The number of unbranched alkanes of at least 4 members (excludes halogenated alkanes) is 4. The van der Waals surface area contributed by atoms with E-state index in [-0.39, 0.29) is 0 Å². The lowest BCUT2D eigenvalue weighted by molar-refractivity contribution is -0.107. The lowest BCUT2D eigenvalue weighted by Crippen LogP contribution is -2.10. The first-order valence-corrected chi connectivity index (χ1v) is 13.7. The summed E-state index contributed by atoms with van der Waals surface area (Å²) < 4.78 is 0. The van der Waals surface area contributed by atoms with Crippen LogP contribution in [0.25, 0.3) is 22.0 Å². The van der Waals surface area contributed by atoms with Crippen molar-refractivity contribution in [3.63, 3.8) is 0 Å². The predicted molar refractivity (Wildman–Crippen MR) is 168 cm³/mol. The summed E-state index contributed by atoms with van der Waals surface area (Å²) in [5, 5.41) is 5.25. The molecule has 0 radical (unpaired) electrons. The molecule has 40 heavy (non-hydrogen) atoms. The van der Waals surface area contributed by atoms with E-state index in [4.69, 9.17) is 11.5 Å². The number of imidazole rings is 1. The van der Waals surface area contributed by atoms with Crippen LogP contribution in [0.3, 0.4) is 0 Å². The van der Waals surface area contributed by atoms with Crippen molar-refractivity contribution in [2.45, 2.75) is 52.4 Å². The molecular formula is C32H44N6O2. The highest BCUT2D eigenvalue weighted by Crippen LogP contribution is 2.23. The Morgan fingerprint density at radius 2 is 1.60 bits per heavy atom. The van der Waals surface area contributed by atoms with E-state index in [0.717, 1.165) is 56.2 Å². The molecule has 4 aromatic rings. The molecule has 1 aromatic heterocycles. The Morgan fingerprint density at radius 3 is 2.27 bits per heavy atom. The molecule has 0 saturated heterocycles. The van der Waals surface area contributed by atoms with Crippen LogP contribution >= 0.6 is 0 Å². The maximum atomic E-state index is 10.8. The zero-order chi connectivity index (χ0) is 29.6. The van der Waals surface area contributed by atoms with Gasteiger partial charge in [-0.05, 0) is 55.9 Å². The third-order valence-corrected chi connectivity index (χ3v) is 5.56. The molecule has 0 atom stereocenters. The van der Waals surface area contributed by atoms with Crippen molar-refractivity contribution in [1.29, 1.82) is 0 Å². The van der Waals surface area contributed by atoms with Gasteiger partial charge in [-0.15, -0.1) is 0 Å². The molecule has 0 aliphatic carbocycles. The third-order valence-electron chi connectivity index (χ3n) is 5.56. The fourth-order valence-corrected chi connectivity index (χ4v) is 3.74. The Labute approximate surface area is 238 Å². The van der Waals surface area contributed by atoms with Crippen LogP contribution < -0.4 is 16.8 Å². The molecule has 0 fully saturated rings. The molecule has 8 nitrogen and oxygen atoms in total. The van der Waals surface area contributed by atoms with E-state index in [1.807, 2.05) is 34.1 Å². The Morgan fingerprint density at radius 1 is 0.950 bits per heavy atom. The van der Waals surface area contributed by atoms with Crippen LogP contribution in [0.5, 0.6) is 0 Å². The van der Waals surface area contributed by atoms with E-state index in [1.165, 1.54) is 16.3 Å². The quantitative estimate of drug-likeness (QED) is 0.0816. The predicted octanol–water partition coefficient (Wildman–Crippen LogP) is 6.19. The van der Waals surface area contributed by atoms with Gasteiger partial charge in [0.15, 0.2) is 0 Å². The Balaban J connectivity index is 0.000000396. The average Bonchev–Trinajstić information content (AvgIpc) is 3.46. The van der Waals surface area contributed by atoms with Gasteiger partial charge < -0.3 is 26.6 Å². The van der Waals surface area contributed by atoms with Gasteiger partial charge in [-0.1, -0.05) is 75.2 Å². The Bertz CT molecular complexity index is 1300. The van der Waals surface area contributed by atoms with Gasteiger partial charge in [0.05, 0.1) is 29.5 Å². The number of hydrogen-bond acceptors (Lipinski definition) is 5. The lowest BCUT2D eigenvalue weighted by Gasteiger charge is -2.02. The minimum absolute atomic E-state index is 0.374. The number of hydrogen-bond donors (Lipinski definition) is 4. The normalized spacial score (nSPS) is 10.0. The van der Waals surface area contributed by atoms with Gasteiger partial charge in [-0.25, -0.2) is 9.98 Å². The zero-order valence-electron chi connectivity index (χ0n) is 24.2. The molecule has 0 saturated carbocycles. The highest BCUT2D eigenvalue weighted by molar-refractivity contribution is 5.98. The van der Waals surface area contributed by atoms with Crippen molar-refractivity contribution in [1.82, 2.24) is 15.3 Å². The fourth-order valence-electron chi connectivity index (χ4n) is 3.74. The SMILES string of the molecule is CC.CNC.NC=Nc1ccccc1C(N)=O.O=CCCCCCCc1ncc(-c2ccc3ccccc3c2)[nH]1. The molecule has 1 heterocycles. The van der Waals surface area contributed by atoms with Crippen molar-refractivity contribution >= 4 is 35.0 Å². The summed E-state index contributed by atoms with van der Waals surface area (Å²) >= 11 is 0. The van der Waals surface area contributed by atoms with E-state index in [2.05, 4.69) is 62.7 Å². The number of nitrogens with one attached hydrogen (secondary N) is 2. The summed E-state index contributed by atoms with van der Waals surface area (Å²) in [5.41, 5.74) is 13.3. The Kier molecular flexibility index (Phi) is 17.4. The standard InChI is InChI=1S/C20H22N2O.C8H9N3O.C2H7N.C2H6/c23-13-7-3-1-2-4-10-20-21-15-19(22-20)18-12-11-16-8-5-6-9-17(16)14-18;9-5-11-7-4-2-1-3-6(7)8(10)12;1-3-2;1-2/h5-6,8-9,11-15H,1-4,7,10H2,(H,21,22);1-5H,(H2,9,11)(H2,10,12);3H,1-2H3;1-2H3. The molecule has 214 valence electrons. The molecule has 8 heteroatoms. The first-order valence-electron chi connectivity index (χ1n) is 13.7. The molecule has 4 rings (SSSR count). The number of benzene rings is 3. The van der Waals surface area contributed by atoms with Gasteiger partial charge in [-0.3, -0.25) is 4.79 Å². The molecule has 0 aliphatic rings. The minimum atomic E-state index is -0.504. The van der Waals surface area contributed by atoms with Crippen LogP contribution in [0.2, 0.25) is 0 Å². The van der Waals surface area contributed by atoms with E-state index in [9.17, 15) is 9.59 Å². The van der Waals surface area contributed by atoms with Gasteiger partial charge in [0, 0.05) is 18.4 Å². The number of aldehydes is 1. The van der Waals surface area contributed by atoms with Crippen LogP contribution in [0, 0.1) is 0 Å². The maximum absolute atomic E-state index is 10.8. The summed E-state index contributed by atoms with van der Waals surface area (Å²) in [6, 6.07) is 21.6. The molecule has 3 aromatic carbocycles. The van der Waals surface area contributed by atoms with Crippen molar-refractivity contribution in [3.05, 3.63) is 84.3 Å². The van der Waals surface area contributed by atoms with Crippen molar-refractivity contribution < 1.29 is 9.59 Å². The van der Waals surface area contributed by atoms with Crippen molar-refractivity contribution in [2.24, 2.45) is 16.5 Å². The summed E-state index contributed by atoms with van der Waals surface area (Å²) in [6.45, 7) is 4.00. The van der Waals surface area contributed by atoms with Crippen LogP contribution in [-0.4, -0.2) is 42.6 Å². The van der Waals surface area contributed by atoms with Gasteiger partial charge in [0.25, 0.3) is 5.91 Å². The number of carbonyl (C=O) groups excluding carboxylic acids is 2. The number of carbonyl (C=O) groups is 2. The second-order valence-corrected chi connectivity index (χ2v) is 8.58. The smallest absolute Gasteiger partial charge is 0.250 e. The van der Waals surface area contributed by atoms with E-state index in [1.54, 1.807) is 24.3 Å². The highest BCUT2D eigenvalue weighted by Gasteiger charge is 2.05. The number of rotatable bonds is 10. The number of nitrogens with two attached hydrogens (primary N) is 2. The molecule has 0 aliphatic heterocycles. The van der Waals surface area contributed by atoms with E-state index in [0.29, 0.717) is 17.7 Å². The third kappa shape index (κ3) is 12.0. The van der Waals surface area contributed by atoms with Gasteiger partial charge in [0.2, 0.25) is 0 Å². The summed E-state index contributed by atoms with van der Waals surface area (Å²) in [6.07, 6.45) is 10.1. The molecule has 0 spiro atoms. The maximum Gasteiger partial charge on any atom is 0.250 e. The van der Waals surface area contributed by atoms with Crippen LogP contribution in [0.1, 0.15) is 62.1 Å². The first-order chi connectivity index (χ1) is 19.5. The summed E-state index contributed by atoms with van der Waals surface area (Å²) in [5.74, 6) is 0.541.